The minimum atomic E-state index is 0. The molecule has 5 heteroatoms. The first-order valence-corrected chi connectivity index (χ1v) is 8.36. The zero-order valence-corrected chi connectivity index (χ0v) is 14.2. The van der Waals surface area contributed by atoms with Crippen LogP contribution in [0.25, 0.3) is 0 Å². The number of ether oxygens (including phenoxy) is 1. The number of carbonyl (C=O) groups excluding carboxylic acids is 1. The third kappa shape index (κ3) is 7.25. The standard InChI is InChI=1S/C16H33N3O2.H2/c1-5-15(4)19-9-7-18(8-10-19)11-13-21-12-6-17-16(20)14(2)3;/h14-15H,5-13H2,1-4H3,(H,17,20);1H. The molecule has 0 saturated carbocycles. The zero-order chi connectivity index (χ0) is 15.7. The SMILES string of the molecule is CCC(C)N1CCN(CCOCCNC(=O)C(C)C)CC1.[HH]. The van der Waals surface area contributed by atoms with E-state index in [9.17, 15) is 4.79 Å². The summed E-state index contributed by atoms with van der Waals surface area (Å²) in [6, 6.07) is 0.702. The summed E-state index contributed by atoms with van der Waals surface area (Å²) >= 11 is 0. The second-order valence-electron chi connectivity index (χ2n) is 6.19. The van der Waals surface area contributed by atoms with Crippen molar-refractivity contribution in [3.8, 4) is 0 Å². The highest BCUT2D eigenvalue weighted by atomic mass is 16.5. The highest BCUT2D eigenvalue weighted by molar-refractivity contribution is 5.77. The van der Waals surface area contributed by atoms with Crippen LogP contribution in [0.2, 0.25) is 0 Å². The van der Waals surface area contributed by atoms with Crippen molar-refractivity contribution in [3.05, 3.63) is 0 Å². The fourth-order valence-electron chi connectivity index (χ4n) is 2.43. The Morgan fingerprint density at radius 1 is 1.19 bits per heavy atom. The van der Waals surface area contributed by atoms with Crippen LogP contribution in [0.4, 0.5) is 0 Å². The minimum Gasteiger partial charge on any atom is -0.378 e. The lowest BCUT2D eigenvalue weighted by Crippen LogP contribution is -2.50. The molecule has 1 aliphatic rings. The number of piperazine rings is 1. The maximum atomic E-state index is 11.4. The van der Waals surface area contributed by atoms with Crippen LogP contribution in [0.15, 0.2) is 0 Å². The van der Waals surface area contributed by atoms with Gasteiger partial charge in [0, 0.05) is 52.7 Å². The predicted molar refractivity (Wildman–Crippen MR) is 88.5 cm³/mol. The van der Waals surface area contributed by atoms with Gasteiger partial charge >= 0.3 is 0 Å². The van der Waals surface area contributed by atoms with E-state index in [1.165, 1.54) is 19.5 Å². The Bertz CT molecular complexity index is 295. The molecule has 0 bridgehead atoms. The van der Waals surface area contributed by atoms with Crippen LogP contribution < -0.4 is 5.32 Å². The molecule has 0 aromatic rings. The molecular weight excluding hydrogens is 266 g/mol. The highest BCUT2D eigenvalue weighted by Crippen LogP contribution is 2.08. The summed E-state index contributed by atoms with van der Waals surface area (Å²) in [7, 11) is 0. The zero-order valence-electron chi connectivity index (χ0n) is 14.2. The van der Waals surface area contributed by atoms with Gasteiger partial charge in [-0.1, -0.05) is 20.8 Å². The molecule has 5 nitrogen and oxygen atoms in total. The average Bonchev–Trinajstić information content (AvgIpc) is 2.50. The summed E-state index contributed by atoms with van der Waals surface area (Å²) in [5, 5.41) is 2.86. The normalized spacial score (nSPS) is 18.9. The second kappa shape index (κ2) is 10.1. The Morgan fingerprint density at radius 2 is 1.86 bits per heavy atom. The van der Waals surface area contributed by atoms with Gasteiger partial charge in [0.05, 0.1) is 13.2 Å². The van der Waals surface area contributed by atoms with E-state index < -0.39 is 0 Å². The summed E-state index contributed by atoms with van der Waals surface area (Å²) < 4.78 is 5.59. The average molecular weight is 301 g/mol. The summed E-state index contributed by atoms with van der Waals surface area (Å²) in [5.74, 6) is 0.145. The molecule has 0 aromatic heterocycles. The molecule has 1 aliphatic heterocycles. The number of nitrogens with zero attached hydrogens (tertiary/aromatic N) is 2. The topological polar surface area (TPSA) is 44.8 Å². The van der Waals surface area contributed by atoms with Crippen molar-refractivity contribution >= 4 is 5.91 Å². The summed E-state index contributed by atoms with van der Waals surface area (Å²) in [6.45, 7) is 15.9. The third-order valence-corrected chi connectivity index (χ3v) is 4.24. The van der Waals surface area contributed by atoms with E-state index >= 15 is 0 Å². The first-order chi connectivity index (χ1) is 10.0. The number of rotatable bonds is 9. The van der Waals surface area contributed by atoms with E-state index in [0.717, 1.165) is 26.2 Å². The van der Waals surface area contributed by atoms with Gasteiger partial charge in [-0.15, -0.1) is 0 Å². The van der Waals surface area contributed by atoms with Crippen molar-refractivity contribution < 1.29 is 11.0 Å². The van der Waals surface area contributed by atoms with Crippen LogP contribution in [0.3, 0.4) is 0 Å². The van der Waals surface area contributed by atoms with Gasteiger partial charge in [-0.05, 0) is 13.3 Å². The van der Waals surface area contributed by atoms with Gasteiger partial charge in [0.25, 0.3) is 0 Å². The first kappa shape index (κ1) is 18.4. The van der Waals surface area contributed by atoms with E-state index in [1.54, 1.807) is 0 Å². The van der Waals surface area contributed by atoms with Gasteiger partial charge in [0.1, 0.15) is 0 Å². The smallest absolute Gasteiger partial charge is 0.222 e. The van der Waals surface area contributed by atoms with Gasteiger partial charge in [0.2, 0.25) is 5.91 Å². The van der Waals surface area contributed by atoms with Crippen LogP contribution in [0.1, 0.15) is 35.5 Å². The minimum absolute atomic E-state index is 0. The highest BCUT2D eigenvalue weighted by Gasteiger charge is 2.19. The van der Waals surface area contributed by atoms with Crippen LogP contribution in [-0.2, 0) is 9.53 Å². The molecular formula is C16H35N3O2. The maximum Gasteiger partial charge on any atom is 0.222 e. The molecule has 1 fully saturated rings. The van der Waals surface area contributed by atoms with E-state index in [0.29, 0.717) is 19.2 Å². The van der Waals surface area contributed by atoms with E-state index in [2.05, 4.69) is 29.0 Å². The number of hydrogen-bond donors (Lipinski definition) is 1. The van der Waals surface area contributed by atoms with Crippen molar-refractivity contribution in [3.63, 3.8) is 0 Å². The molecule has 1 unspecified atom stereocenters. The number of amides is 1. The van der Waals surface area contributed by atoms with E-state index in [4.69, 9.17) is 4.74 Å². The number of hydrogen-bond acceptors (Lipinski definition) is 4. The lowest BCUT2D eigenvalue weighted by Gasteiger charge is -2.37. The summed E-state index contributed by atoms with van der Waals surface area (Å²) in [4.78, 5) is 16.4. The van der Waals surface area contributed by atoms with E-state index in [-0.39, 0.29) is 13.3 Å². The molecule has 1 heterocycles. The molecule has 0 spiro atoms. The Kier molecular flexibility index (Phi) is 8.88. The third-order valence-electron chi connectivity index (χ3n) is 4.24. The van der Waals surface area contributed by atoms with Crippen molar-refractivity contribution in [1.82, 2.24) is 15.1 Å². The Hall–Kier alpha value is -0.650. The fourth-order valence-corrected chi connectivity index (χ4v) is 2.43. The first-order valence-electron chi connectivity index (χ1n) is 8.36. The molecule has 1 atom stereocenters. The molecule has 0 aromatic carbocycles. The molecule has 1 amide bonds. The second-order valence-corrected chi connectivity index (χ2v) is 6.19. The van der Waals surface area contributed by atoms with Gasteiger partial charge in [-0.2, -0.15) is 0 Å². The Labute approximate surface area is 131 Å². The van der Waals surface area contributed by atoms with Crippen molar-refractivity contribution in [1.29, 1.82) is 0 Å². The number of nitrogens with one attached hydrogen (secondary N) is 1. The van der Waals surface area contributed by atoms with Gasteiger partial charge in [-0.25, -0.2) is 0 Å². The van der Waals surface area contributed by atoms with Crippen molar-refractivity contribution in [2.75, 3.05) is 52.5 Å². The predicted octanol–water partition coefficient (Wildman–Crippen LogP) is 1.44. The van der Waals surface area contributed by atoms with Crippen molar-refractivity contribution in [2.45, 2.75) is 40.2 Å². The summed E-state index contributed by atoms with van der Waals surface area (Å²) in [6.07, 6.45) is 1.23. The van der Waals surface area contributed by atoms with Crippen LogP contribution in [0, 0.1) is 5.92 Å². The molecule has 1 rings (SSSR count). The number of carbonyl (C=O) groups is 1. The lowest BCUT2D eigenvalue weighted by atomic mass is 10.2. The molecule has 1 N–H and O–H groups in total. The van der Waals surface area contributed by atoms with Gasteiger partial charge in [0.15, 0.2) is 0 Å². The fraction of sp³-hybridized carbons (Fsp3) is 0.938. The molecule has 21 heavy (non-hydrogen) atoms. The van der Waals surface area contributed by atoms with Crippen LogP contribution >= 0.6 is 0 Å². The molecule has 0 radical (unpaired) electrons. The lowest BCUT2D eigenvalue weighted by molar-refractivity contribution is -0.124. The molecule has 126 valence electrons. The van der Waals surface area contributed by atoms with Gasteiger partial charge in [-0.3, -0.25) is 14.6 Å². The monoisotopic (exact) mass is 301 g/mol. The molecule has 1 saturated heterocycles. The van der Waals surface area contributed by atoms with Crippen LogP contribution in [0.5, 0.6) is 0 Å². The summed E-state index contributed by atoms with van der Waals surface area (Å²) in [5.41, 5.74) is 0. The molecule has 0 aliphatic carbocycles. The maximum absolute atomic E-state index is 11.4. The van der Waals surface area contributed by atoms with Crippen LogP contribution in [-0.4, -0.2) is 74.2 Å². The van der Waals surface area contributed by atoms with E-state index in [1.807, 2.05) is 13.8 Å². The van der Waals surface area contributed by atoms with Gasteiger partial charge < -0.3 is 10.1 Å². The largest absolute Gasteiger partial charge is 0.378 e. The van der Waals surface area contributed by atoms with Crippen molar-refractivity contribution in [2.24, 2.45) is 5.92 Å². The Morgan fingerprint density at radius 3 is 2.43 bits per heavy atom. The Balaban J connectivity index is 0.00000441. The quantitative estimate of drug-likeness (QED) is 0.655.